The summed E-state index contributed by atoms with van der Waals surface area (Å²) in [6.07, 6.45) is 10.2. The lowest BCUT2D eigenvalue weighted by atomic mass is 10.0. The number of aromatic amines is 1. The quantitative estimate of drug-likeness (QED) is 0.597. The molecule has 0 unspecified atom stereocenters. The zero-order chi connectivity index (χ0) is 19.8. The molecule has 1 aromatic heterocycles. The molecule has 0 amide bonds. The standard InChI is InChI=1S/C22H33N3O2/c1-5-6-8-18-14-19(10-11-22(26)27)24-21(18)15-20-17(13-16(2)23-20)9-7-12-25(3)4/h13-15,23H,5-12H2,1-4H3,(H,26,27)/b21-15-. The Balaban J connectivity index is 2.21. The molecule has 2 heterocycles. The van der Waals surface area contributed by atoms with Crippen LogP contribution in [0.3, 0.4) is 0 Å². The lowest BCUT2D eigenvalue weighted by molar-refractivity contribution is -0.136. The molecule has 1 aliphatic heterocycles. The summed E-state index contributed by atoms with van der Waals surface area (Å²) in [5.74, 6) is -0.776. The van der Waals surface area contributed by atoms with Crippen molar-refractivity contribution >= 4 is 17.8 Å². The summed E-state index contributed by atoms with van der Waals surface area (Å²) in [7, 11) is 4.20. The van der Waals surface area contributed by atoms with Crippen molar-refractivity contribution in [3.63, 3.8) is 0 Å². The molecular formula is C22H33N3O2. The third-order valence-electron chi connectivity index (χ3n) is 4.73. The third-order valence-corrected chi connectivity index (χ3v) is 4.73. The monoisotopic (exact) mass is 371 g/mol. The number of carbonyl (C=O) groups is 1. The fourth-order valence-electron chi connectivity index (χ4n) is 3.32. The molecule has 5 nitrogen and oxygen atoms in total. The summed E-state index contributed by atoms with van der Waals surface area (Å²) in [5, 5.41) is 8.94. The topological polar surface area (TPSA) is 68.7 Å². The summed E-state index contributed by atoms with van der Waals surface area (Å²) in [6, 6.07) is 2.22. The molecule has 0 fully saturated rings. The SMILES string of the molecule is CCCCC1=CC(CCC(=O)O)=N/C1=C\c1[nH]c(C)cc1CCCN(C)C. The minimum absolute atomic E-state index is 0.126. The Morgan fingerprint density at radius 3 is 2.70 bits per heavy atom. The number of nitrogens with zero attached hydrogens (tertiary/aromatic N) is 2. The average Bonchev–Trinajstić information content (AvgIpc) is 3.14. The van der Waals surface area contributed by atoms with Crippen molar-refractivity contribution in [1.82, 2.24) is 9.88 Å². The number of aryl methyl sites for hydroxylation is 2. The maximum Gasteiger partial charge on any atom is 0.303 e. The molecule has 148 valence electrons. The van der Waals surface area contributed by atoms with E-state index in [4.69, 9.17) is 10.1 Å². The van der Waals surface area contributed by atoms with E-state index >= 15 is 0 Å². The van der Waals surface area contributed by atoms with Gasteiger partial charge in [-0.2, -0.15) is 0 Å². The van der Waals surface area contributed by atoms with Gasteiger partial charge in [0.25, 0.3) is 0 Å². The third kappa shape index (κ3) is 6.83. The first-order valence-corrected chi connectivity index (χ1v) is 9.94. The molecule has 1 aromatic rings. The van der Waals surface area contributed by atoms with Gasteiger partial charge in [-0.15, -0.1) is 0 Å². The minimum Gasteiger partial charge on any atom is -0.481 e. The first-order chi connectivity index (χ1) is 12.9. The first-order valence-electron chi connectivity index (χ1n) is 9.94. The van der Waals surface area contributed by atoms with E-state index < -0.39 is 5.97 Å². The number of H-pyrrole nitrogens is 1. The Hall–Kier alpha value is -2.14. The molecule has 0 aromatic carbocycles. The Bertz CT molecular complexity index is 739. The second kappa shape index (κ2) is 10.3. The van der Waals surface area contributed by atoms with Crippen LogP contribution in [0, 0.1) is 6.92 Å². The summed E-state index contributed by atoms with van der Waals surface area (Å²) in [4.78, 5) is 21.3. The number of carboxylic acids is 1. The number of hydrogen-bond acceptors (Lipinski definition) is 3. The molecule has 0 atom stereocenters. The van der Waals surface area contributed by atoms with Crippen LogP contribution in [0.4, 0.5) is 0 Å². The Kier molecular flexibility index (Phi) is 8.04. The van der Waals surface area contributed by atoms with Crippen LogP contribution >= 0.6 is 0 Å². The lowest BCUT2D eigenvalue weighted by Gasteiger charge is -2.09. The smallest absolute Gasteiger partial charge is 0.303 e. The molecule has 0 radical (unpaired) electrons. The van der Waals surface area contributed by atoms with Crippen LogP contribution in [0.1, 0.15) is 62.4 Å². The normalized spacial score (nSPS) is 15.5. The first kappa shape index (κ1) is 21.2. The van der Waals surface area contributed by atoms with E-state index in [1.807, 2.05) is 0 Å². The molecule has 5 heteroatoms. The maximum atomic E-state index is 10.9. The van der Waals surface area contributed by atoms with Gasteiger partial charge < -0.3 is 15.0 Å². The molecule has 0 aliphatic carbocycles. The molecule has 27 heavy (non-hydrogen) atoms. The largest absolute Gasteiger partial charge is 0.481 e. The van der Waals surface area contributed by atoms with Crippen LogP contribution in [0.15, 0.2) is 28.4 Å². The van der Waals surface area contributed by atoms with Crippen molar-refractivity contribution in [2.45, 2.75) is 58.8 Å². The molecule has 2 N–H and O–H groups in total. The van der Waals surface area contributed by atoms with Crippen molar-refractivity contribution in [3.05, 3.63) is 40.4 Å². The number of hydrogen-bond donors (Lipinski definition) is 2. The highest BCUT2D eigenvalue weighted by atomic mass is 16.4. The summed E-state index contributed by atoms with van der Waals surface area (Å²) >= 11 is 0. The maximum absolute atomic E-state index is 10.9. The van der Waals surface area contributed by atoms with Crippen LogP contribution in [0.2, 0.25) is 0 Å². The van der Waals surface area contributed by atoms with E-state index in [2.05, 4.69) is 56.0 Å². The van der Waals surface area contributed by atoms with Gasteiger partial charge in [-0.1, -0.05) is 13.3 Å². The molecule has 0 saturated carbocycles. The molecule has 1 aliphatic rings. The van der Waals surface area contributed by atoms with Crippen molar-refractivity contribution in [2.75, 3.05) is 20.6 Å². The van der Waals surface area contributed by atoms with Gasteiger partial charge in [-0.05, 0) is 82.6 Å². The second-order valence-electron chi connectivity index (χ2n) is 7.60. The lowest BCUT2D eigenvalue weighted by Crippen LogP contribution is -2.13. The van der Waals surface area contributed by atoms with Crippen LogP contribution < -0.4 is 0 Å². The number of rotatable bonds is 11. The van der Waals surface area contributed by atoms with E-state index in [0.29, 0.717) is 6.42 Å². The number of carboxylic acid groups (broad SMARTS) is 1. The number of aliphatic carboxylic acids is 1. The Morgan fingerprint density at radius 1 is 1.26 bits per heavy atom. The van der Waals surface area contributed by atoms with Gasteiger partial charge in [0.2, 0.25) is 0 Å². The van der Waals surface area contributed by atoms with E-state index in [1.165, 1.54) is 11.1 Å². The van der Waals surface area contributed by atoms with E-state index in [1.54, 1.807) is 0 Å². The second-order valence-corrected chi connectivity index (χ2v) is 7.60. The molecule has 0 bridgehead atoms. The fraction of sp³-hybridized carbons (Fsp3) is 0.545. The molecule has 0 saturated heterocycles. The minimum atomic E-state index is -0.776. The van der Waals surface area contributed by atoms with Crippen molar-refractivity contribution in [3.8, 4) is 0 Å². The Morgan fingerprint density at radius 2 is 2.04 bits per heavy atom. The van der Waals surface area contributed by atoms with Crippen LogP contribution in [0.25, 0.3) is 6.08 Å². The highest BCUT2D eigenvalue weighted by molar-refractivity contribution is 6.01. The number of aromatic nitrogens is 1. The van der Waals surface area contributed by atoms with Crippen molar-refractivity contribution < 1.29 is 9.90 Å². The highest BCUT2D eigenvalue weighted by Crippen LogP contribution is 2.28. The van der Waals surface area contributed by atoms with E-state index in [0.717, 1.165) is 61.4 Å². The van der Waals surface area contributed by atoms with Gasteiger partial charge in [-0.25, -0.2) is 0 Å². The fourth-order valence-corrected chi connectivity index (χ4v) is 3.32. The van der Waals surface area contributed by atoms with Crippen molar-refractivity contribution in [2.24, 2.45) is 4.99 Å². The summed E-state index contributed by atoms with van der Waals surface area (Å²) < 4.78 is 0. The van der Waals surface area contributed by atoms with E-state index in [9.17, 15) is 4.79 Å². The van der Waals surface area contributed by atoms with Crippen LogP contribution in [0.5, 0.6) is 0 Å². The van der Waals surface area contributed by atoms with Gasteiger partial charge in [-0.3, -0.25) is 9.79 Å². The van der Waals surface area contributed by atoms with Gasteiger partial charge in [0.15, 0.2) is 0 Å². The summed E-state index contributed by atoms with van der Waals surface area (Å²) in [5.41, 5.74) is 6.71. The van der Waals surface area contributed by atoms with Crippen LogP contribution in [-0.4, -0.2) is 47.3 Å². The molecular weight excluding hydrogens is 338 g/mol. The van der Waals surface area contributed by atoms with Gasteiger partial charge in [0.1, 0.15) is 0 Å². The zero-order valence-electron chi connectivity index (χ0n) is 17.1. The number of aliphatic imine (C=N–C) groups is 1. The number of allylic oxidation sites excluding steroid dienone is 2. The molecule has 0 spiro atoms. The number of unbranched alkanes of at least 4 members (excludes halogenated alkanes) is 1. The van der Waals surface area contributed by atoms with E-state index in [-0.39, 0.29) is 6.42 Å². The molecule has 2 rings (SSSR count). The van der Waals surface area contributed by atoms with Gasteiger partial charge in [0.05, 0.1) is 12.1 Å². The van der Waals surface area contributed by atoms with Crippen LogP contribution in [-0.2, 0) is 11.2 Å². The predicted molar refractivity (Wildman–Crippen MR) is 112 cm³/mol. The zero-order valence-corrected chi connectivity index (χ0v) is 17.1. The highest BCUT2D eigenvalue weighted by Gasteiger charge is 2.16. The Labute approximate surface area is 162 Å². The number of nitrogens with one attached hydrogen (secondary N) is 1. The predicted octanol–water partition coefficient (Wildman–Crippen LogP) is 4.59. The van der Waals surface area contributed by atoms with Crippen molar-refractivity contribution in [1.29, 1.82) is 0 Å². The van der Waals surface area contributed by atoms with Gasteiger partial charge in [0, 0.05) is 23.5 Å². The average molecular weight is 372 g/mol. The van der Waals surface area contributed by atoms with Gasteiger partial charge >= 0.3 is 5.97 Å². The summed E-state index contributed by atoms with van der Waals surface area (Å²) in [6.45, 7) is 5.34.